The van der Waals surface area contributed by atoms with Crippen LogP contribution in [0.15, 0.2) is 66.7 Å². The summed E-state index contributed by atoms with van der Waals surface area (Å²) in [6.45, 7) is 7.47. The molecule has 0 unspecified atom stereocenters. The molecule has 0 saturated carbocycles. The van der Waals surface area contributed by atoms with E-state index < -0.39 is 17.9 Å². The summed E-state index contributed by atoms with van der Waals surface area (Å²) in [6, 6.07) is 20.0. The molecule has 0 aromatic heterocycles. The first-order chi connectivity index (χ1) is 15.9. The number of benzene rings is 3. The predicted molar refractivity (Wildman–Crippen MR) is 131 cm³/mol. The summed E-state index contributed by atoms with van der Waals surface area (Å²) in [6.07, 6.45) is 0.157. The highest BCUT2D eigenvalue weighted by Gasteiger charge is 2.17. The van der Waals surface area contributed by atoms with E-state index in [-0.39, 0.29) is 12.3 Å². The van der Waals surface area contributed by atoms with Crippen LogP contribution in [-0.4, -0.2) is 36.9 Å². The maximum absolute atomic E-state index is 12.5. The van der Waals surface area contributed by atoms with E-state index in [1.165, 1.54) is 0 Å². The second kappa shape index (κ2) is 11.1. The minimum absolute atomic E-state index is 0.157. The van der Waals surface area contributed by atoms with Gasteiger partial charge in [0, 0.05) is 24.3 Å². The molecule has 0 aliphatic heterocycles. The Morgan fingerprint density at radius 2 is 1.52 bits per heavy atom. The van der Waals surface area contributed by atoms with Crippen molar-refractivity contribution in [3.05, 3.63) is 77.9 Å². The summed E-state index contributed by atoms with van der Waals surface area (Å²) >= 11 is 0. The lowest BCUT2D eigenvalue weighted by atomic mass is 10.0. The number of nitrogens with zero attached hydrogens (tertiary/aromatic N) is 1. The van der Waals surface area contributed by atoms with Crippen LogP contribution in [0.4, 0.5) is 5.69 Å². The monoisotopic (exact) mass is 446 g/mol. The van der Waals surface area contributed by atoms with Crippen molar-refractivity contribution in [1.29, 1.82) is 0 Å². The Morgan fingerprint density at radius 1 is 0.848 bits per heavy atom. The van der Waals surface area contributed by atoms with Crippen molar-refractivity contribution >= 4 is 34.2 Å². The van der Waals surface area contributed by atoms with E-state index in [2.05, 4.69) is 34.9 Å². The zero-order chi connectivity index (χ0) is 23.8. The molecule has 7 nitrogen and oxygen atoms in total. The number of hydrogen-bond acceptors (Lipinski definition) is 4. The van der Waals surface area contributed by atoms with Gasteiger partial charge in [0.25, 0.3) is 11.8 Å². The van der Waals surface area contributed by atoms with Crippen LogP contribution in [0.25, 0.3) is 10.8 Å². The Hall–Kier alpha value is -3.87. The second-order valence-electron chi connectivity index (χ2n) is 7.77. The largest absolute Gasteiger partial charge is 0.372 e. The van der Waals surface area contributed by atoms with E-state index in [1.807, 2.05) is 54.6 Å². The molecule has 7 heteroatoms. The SMILES string of the molecule is CCN(CC)c1ccc(C(=O)NNC(=O)[C@H](C)NC(=O)Cc2cccc3ccccc23)cc1. The molecule has 3 rings (SSSR count). The van der Waals surface area contributed by atoms with Crippen LogP contribution < -0.4 is 21.1 Å². The van der Waals surface area contributed by atoms with E-state index in [0.717, 1.165) is 35.1 Å². The molecule has 3 aromatic carbocycles. The molecule has 0 heterocycles. The Balaban J connectivity index is 1.51. The van der Waals surface area contributed by atoms with Crippen molar-refractivity contribution in [1.82, 2.24) is 16.2 Å². The average molecular weight is 447 g/mol. The van der Waals surface area contributed by atoms with Crippen molar-refractivity contribution in [3.63, 3.8) is 0 Å². The fourth-order valence-corrected chi connectivity index (χ4v) is 3.69. The van der Waals surface area contributed by atoms with Crippen LogP contribution >= 0.6 is 0 Å². The minimum Gasteiger partial charge on any atom is -0.372 e. The molecule has 0 aliphatic rings. The quantitative estimate of drug-likeness (QED) is 0.464. The lowest BCUT2D eigenvalue weighted by Gasteiger charge is -2.21. The van der Waals surface area contributed by atoms with Gasteiger partial charge in [-0.2, -0.15) is 0 Å². The van der Waals surface area contributed by atoms with Gasteiger partial charge in [-0.1, -0.05) is 42.5 Å². The number of nitrogens with one attached hydrogen (secondary N) is 3. The normalized spacial score (nSPS) is 11.5. The van der Waals surface area contributed by atoms with Gasteiger partial charge in [0.05, 0.1) is 6.42 Å². The Labute approximate surface area is 194 Å². The van der Waals surface area contributed by atoms with Gasteiger partial charge in [-0.25, -0.2) is 0 Å². The number of amides is 3. The summed E-state index contributed by atoms with van der Waals surface area (Å²) in [5.74, 6) is -1.20. The van der Waals surface area contributed by atoms with Gasteiger partial charge in [0.2, 0.25) is 5.91 Å². The number of carbonyl (C=O) groups is 3. The highest BCUT2D eigenvalue weighted by Crippen LogP contribution is 2.19. The van der Waals surface area contributed by atoms with Gasteiger partial charge in [0.1, 0.15) is 6.04 Å². The fourth-order valence-electron chi connectivity index (χ4n) is 3.69. The topological polar surface area (TPSA) is 90.5 Å². The first-order valence-corrected chi connectivity index (χ1v) is 11.1. The van der Waals surface area contributed by atoms with Crippen LogP contribution in [0.5, 0.6) is 0 Å². The highest BCUT2D eigenvalue weighted by molar-refractivity contribution is 5.97. The van der Waals surface area contributed by atoms with Gasteiger partial charge in [0.15, 0.2) is 0 Å². The second-order valence-corrected chi connectivity index (χ2v) is 7.77. The molecule has 1 atom stereocenters. The van der Waals surface area contributed by atoms with Gasteiger partial charge in [-0.3, -0.25) is 25.2 Å². The molecule has 0 radical (unpaired) electrons. The van der Waals surface area contributed by atoms with Crippen molar-refractivity contribution in [2.24, 2.45) is 0 Å². The van der Waals surface area contributed by atoms with E-state index >= 15 is 0 Å². The number of fused-ring (bicyclic) bond motifs is 1. The third kappa shape index (κ3) is 6.10. The van der Waals surface area contributed by atoms with Crippen LogP contribution in [0.3, 0.4) is 0 Å². The molecule has 0 saturated heterocycles. The Kier molecular flexibility index (Phi) is 8.02. The molecule has 0 fully saturated rings. The van der Waals surface area contributed by atoms with Gasteiger partial charge in [-0.15, -0.1) is 0 Å². The predicted octanol–water partition coefficient (Wildman–Crippen LogP) is 3.19. The van der Waals surface area contributed by atoms with Crippen LogP contribution in [0.1, 0.15) is 36.7 Å². The first-order valence-electron chi connectivity index (χ1n) is 11.1. The number of hydrogen-bond donors (Lipinski definition) is 3. The van der Waals surface area contributed by atoms with Crippen LogP contribution in [0.2, 0.25) is 0 Å². The number of carbonyl (C=O) groups excluding carboxylic acids is 3. The summed E-state index contributed by atoms with van der Waals surface area (Å²) in [4.78, 5) is 39.4. The molecule has 0 spiro atoms. The summed E-state index contributed by atoms with van der Waals surface area (Å²) < 4.78 is 0. The van der Waals surface area contributed by atoms with Crippen LogP contribution in [-0.2, 0) is 16.0 Å². The first kappa shape index (κ1) is 23.8. The van der Waals surface area contributed by atoms with Gasteiger partial charge >= 0.3 is 0 Å². The molecule has 33 heavy (non-hydrogen) atoms. The summed E-state index contributed by atoms with van der Waals surface area (Å²) in [5.41, 5.74) is 7.12. The standard InChI is InChI=1S/C26H30N4O3/c1-4-30(5-2)22-15-13-20(14-16-22)26(33)29-28-25(32)18(3)27-24(31)17-21-11-8-10-19-9-6-7-12-23(19)21/h6-16,18H,4-5,17H2,1-3H3,(H,27,31)(H,28,32)(H,29,33)/t18-/m0/s1. The number of hydrazine groups is 1. The van der Waals surface area contributed by atoms with Gasteiger partial charge < -0.3 is 10.2 Å². The average Bonchev–Trinajstić information content (AvgIpc) is 2.83. The minimum atomic E-state index is -0.808. The zero-order valence-electron chi connectivity index (χ0n) is 19.2. The summed E-state index contributed by atoms with van der Waals surface area (Å²) in [5, 5.41) is 4.74. The van der Waals surface area contributed by atoms with E-state index in [0.29, 0.717) is 5.56 Å². The molecule has 3 aromatic rings. The van der Waals surface area contributed by atoms with Gasteiger partial charge in [-0.05, 0) is 61.4 Å². The molecular weight excluding hydrogens is 416 g/mol. The lowest BCUT2D eigenvalue weighted by molar-refractivity contribution is -0.128. The van der Waals surface area contributed by atoms with Crippen molar-refractivity contribution < 1.29 is 14.4 Å². The highest BCUT2D eigenvalue weighted by atomic mass is 16.2. The number of rotatable bonds is 8. The number of anilines is 1. The van der Waals surface area contributed by atoms with Crippen molar-refractivity contribution in [2.45, 2.75) is 33.2 Å². The maximum Gasteiger partial charge on any atom is 0.269 e. The van der Waals surface area contributed by atoms with E-state index in [9.17, 15) is 14.4 Å². The molecule has 0 bridgehead atoms. The van der Waals surface area contributed by atoms with Crippen molar-refractivity contribution in [2.75, 3.05) is 18.0 Å². The lowest BCUT2D eigenvalue weighted by Crippen LogP contribution is -2.51. The Morgan fingerprint density at radius 3 is 2.21 bits per heavy atom. The summed E-state index contributed by atoms with van der Waals surface area (Å²) in [7, 11) is 0. The molecule has 3 N–H and O–H groups in total. The van der Waals surface area contributed by atoms with Crippen molar-refractivity contribution in [3.8, 4) is 0 Å². The molecule has 172 valence electrons. The molecule has 3 amide bonds. The zero-order valence-corrected chi connectivity index (χ0v) is 19.2. The van der Waals surface area contributed by atoms with Crippen LogP contribution in [0, 0.1) is 0 Å². The third-order valence-corrected chi connectivity index (χ3v) is 5.56. The Bertz CT molecular complexity index is 1120. The maximum atomic E-state index is 12.5. The molecular formula is C26H30N4O3. The van der Waals surface area contributed by atoms with E-state index in [1.54, 1.807) is 19.1 Å². The third-order valence-electron chi connectivity index (χ3n) is 5.56. The smallest absolute Gasteiger partial charge is 0.269 e. The van der Waals surface area contributed by atoms with E-state index in [4.69, 9.17) is 0 Å². The fraction of sp³-hybridized carbons (Fsp3) is 0.269. The molecule has 0 aliphatic carbocycles.